The summed E-state index contributed by atoms with van der Waals surface area (Å²) in [5.74, 6) is 0. The lowest BCUT2D eigenvalue weighted by Crippen LogP contribution is -2.33. The van der Waals surface area contributed by atoms with Gasteiger partial charge in [0.05, 0.1) is 6.04 Å². The Hall–Kier alpha value is -1.02. The molecule has 1 rings (SSSR count). The van der Waals surface area contributed by atoms with E-state index in [1.807, 2.05) is 42.3 Å². The van der Waals surface area contributed by atoms with E-state index in [2.05, 4.69) is 0 Å². The predicted molar refractivity (Wildman–Crippen MR) is 55.2 cm³/mol. The maximum absolute atomic E-state index is 10.9. The fourth-order valence-corrected chi connectivity index (χ4v) is 1.19. The monoisotopic (exact) mass is 197 g/mol. The zero-order valence-corrected chi connectivity index (χ0v) is 8.45. The first-order chi connectivity index (χ1) is 6.13. The van der Waals surface area contributed by atoms with Gasteiger partial charge in [0.25, 0.3) is 0 Å². The average molecular weight is 198 g/mol. The second-order valence-corrected chi connectivity index (χ2v) is 3.30. The Labute approximate surface area is 83.1 Å². The first-order valence-corrected chi connectivity index (χ1v) is 4.48. The molecule has 2 nitrogen and oxygen atoms in total. The predicted octanol–water partition coefficient (Wildman–Crippen LogP) is 2.28. The topological polar surface area (TPSA) is 20.3 Å². The van der Waals surface area contributed by atoms with Crippen LogP contribution in [0.5, 0.6) is 0 Å². The molecule has 0 N–H and O–H groups in total. The van der Waals surface area contributed by atoms with Gasteiger partial charge in [-0.15, -0.1) is 0 Å². The summed E-state index contributed by atoms with van der Waals surface area (Å²) in [4.78, 5) is 12.7. The minimum Gasteiger partial charge on any atom is -0.363 e. The summed E-state index contributed by atoms with van der Waals surface area (Å²) in [6.07, 6.45) is 0. The van der Waals surface area contributed by atoms with Gasteiger partial charge in [-0.3, -0.25) is 4.79 Å². The molecule has 0 spiro atoms. The molecule has 0 aliphatic carbocycles. The first-order valence-electron chi connectivity index (χ1n) is 4.10. The Morgan fingerprint density at radius 2 is 1.92 bits per heavy atom. The van der Waals surface area contributed by atoms with Gasteiger partial charge in [-0.25, -0.2) is 0 Å². The van der Waals surface area contributed by atoms with Crippen LogP contribution in [-0.2, 0) is 4.79 Å². The normalized spacial score (nSPS) is 12.2. The van der Waals surface area contributed by atoms with Crippen molar-refractivity contribution in [3.63, 3.8) is 0 Å². The van der Waals surface area contributed by atoms with Crippen molar-refractivity contribution in [1.82, 2.24) is 0 Å². The van der Waals surface area contributed by atoms with Crippen LogP contribution in [0.4, 0.5) is 5.69 Å². The van der Waals surface area contributed by atoms with Crippen LogP contribution in [0, 0.1) is 0 Å². The molecule has 70 valence electrons. The summed E-state index contributed by atoms with van der Waals surface area (Å²) in [6.45, 7) is 1.78. The third-order valence-electron chi connectivity index (χ3n) is 2.07. The standard InChI is InChI=1S/C10H12ClNO/c1-8(10(11)13)12(2)9-6-4-3-5-7-9/h3-8H,1-2H3. The number of hydrogen-bond donors (Lipinski definition) is 0. The van der Waals surface area contributed by atoms with E-state index in [0.717, 1.165) is 5.69 Å². The molecule has 0 saturated heterocycles. The molecule has 0 bridgehead atoms. The van der Waals surface area contributed by atoms with Gasteiger partial charge in [-0.2, -0.15) is 0 Å². The Kier molecular flexibility index (Phi) is 3.32. The maximum atomic E-state index is 10.9. The number of anilines is 1. The molecule has 0 heterocycles. The van der Waals surface area contributed by atoms with E-state index in [-0.39, 0.29) is 11.3 Å². The zero-order valence-electron chi connectivity index (χ0n) is 7.70. The van der Waals surface area contributed by atoms with Crippen molar-refractivity contribution in [2.45, 2.75) is 13.0 Å². The van der Waals surface area contributed by atoms with Crippen molar-refractivity contribution in [2.75, 3.05) is 11.9 Å². The fourth-order valence-electron chi connectivity index (χ4n) is 1.04. The lowest BCUT2D eigenvalue weighted by molar-refractivity contribution is -0.112. The van der Waals surface area contributed by atoms with E-state index in [1.165, 1.54) is 0 Å². The quantitative estimate of drug-likeness (QED) is 0.693. The van der Waals surface area contributed by atoms with Crippen molar-refractivity contribution in [3.8, 4) is 0 Å². The summed E-state index contributed by atoms with van der Waals surface area (Å²) >= 11 is 5.39. The number of carbonyl (C=O) groups is 1. The van der Waals surface area contributed by atoms with Crippen molar-refractivity contribution in [2.24, 2.45) is 0 Å². The average Bonchev–Trinajstić information content (AvgIpc) is 2.17. The van der Waals surface area contributed by atoms with Crippen molar-refractivity contribution in [1.29, 1.82) is 0 Å². The maximum Gasteiger partial charge on any atom is 0.243 e. The van der Waals surface area contributed by atoms with Crippen LogP contribution < -0.4 is 4.90 Å². The van der Waals surface area contributed by atoms with Gasteiger partial charge >= 0.3 is 0 Å². The van der Waals surface area contributed by atoms with E-state index in [9.17, 15) is 4.79 Å². The summed E-state index contributed by atoms with van der Waals surface area (Å²) in [6, 6.07) is 9.38. The fraction of sp³-hybridized carbons (Fsp3) is 0.300. The van der Waals surface area contributed by atoms with Crippen molar-refractivity contribution < 1.29 is 4.79 Å². The van der Waals surface area contributed by atoms with Gasteiger partial charge in [0.15, 0.2) is 0 Å². The van der Waals surface area contributed by atoms with Crippen molar-refractivity contribution in [3.05, 3.63) is 30.3 Å². The third-order valence-corrected chi connectivity index (χ3v) is 2.39. The molecule has 0 aliphatic heterocycles. The van der Waals surface area contributed by atoms with Crippen LogP contribution in [0.25, 0.3) is 0 Å². The van der Waals surface area contributed by atoms with E-state index in [4.69, 9.17) is 11.6 Å². The highest BCUT2D eigenvalue weighted by atomic mass is 35.5. The summed E-state index contributed by atoms with van der Waals surface area (Å²) in [5.41, 5.74) is 0.990. The molecular formula is C10H12ClNO. The summed E-state index contributed by atoms with van der Waals surface area (Å²) in [7, 11) is 1.85. The van der Waals surface area contributed by atoms with E-state index in [1.54, 1.807) is 6.92 Å². The minimum atomic E-state index is -0.341. The lowest BCUT2D eigenvalue weighted by Gasteiger charge is -2.23. The summed E-state index contributed by atoms with van der Waals surface area (Å²) in [5, 5.41) is -0.341. The number of likely N-dealkylation sites (N-methyl/N-ethyl adjacent to an activating group) is 1. The number of carbonyl (C=O) groups excluding carboxylic acids is 1. The third kappa shape index (κ3) is 2.46. The van der Waals surface area contributed by atoms with Crippen LogP contribution in [-0.4, -0.2) is 18.3 Å². The summed E-state index contributed by atoms with van der Waals surface area (Å²) < 4.78 is 0. The largest absolute Gasteiger partial charge is 0.363 e. The van der Waals surface area contributed by atoms with Gasteiger partial charge < -0.3 is 4.90 Å². The van der Waals surface area contributed by atoms with E-state index < -0.39 is 0 Å². The van der Waals surface area contributed by atoms with Gasteiger partial charge in [0, 0.05) is 12.7 Å². The number of halogens is 1. The molecule has 0 fully saturated rings. The highest BCUT2D eigenvalue weighted by molar-refractivity contribution is 6.65. The van der Waals surface area contributed by atoms with Gasteiger partial charge in [-0.1, -0.05) is 18.2 Å². The first kappa shape index (κ1) is 10.1. The van der Waals surface area contributed by atoms with Crippen LogP contribution >= 0.6 is 11.6 Å². The zero-order chi connectivity index (χ0) is 9.84. The number of hydrogen-bond acceptors (Lipinski definition) is 2. The Morgan fingerprint density at radius 3 is 2.38 bits per heavy atom. The number of benzene rings is 1. The van der Waals surface area contributed by atoms with Crippen LogP contribution in [0.3, 0.4) is 0 Å². The van der Waals surface area contributed by atoms with Crippen LogP contribution in [0.15, 0.2) is 30.3 Å². The Morgan fingerprint density at radius 1 is 1.38 bits per heavy atom. The molecule has 1 aromatic rings. The minimum absolute atomic E-state index is 0.288. The van der Waals surface area contributed by atoms with Gasteiger partial charge in [0.2, 0.25) is 5.24 Å². The second-order valence-electron chi connectivity index (χ2n) is 2.93. The smallest absolute Gasteiger partial charge is 0.243 e. The Balaban J connectivity index is 2.79. The van der Waals surface area contributed by atoms with E-state index in [0.29, 0.717) is 0 Å². The SMILES string of the molecule is CC(C(=O)Cl)N(C)c1ccccc1. The second kappa shape index (κ2) is 4.28. The van der Waals surface area contributed by atoms with E-state index >= 15 is 0 Å². The molecule has 0 amide bonds. The molecular weight excluding hydrogens is 186 g/mol. The molecule has 0 saturated carbocycles. The molecule has 0 aliphatic rings. The number of para-hydroxylation sites is 1. The van der Waals surface area contributed by atoms with Gasteiger partial charge in [-0.05, 0) is 30.7 Å². The molecule has 0 aromatic heterocycles. The number of nitrogens with zero attached hydrogens (tertiary/aromatic N) is 1. The highest BCUT2D eigenvalue weighted by Gasteiger charge is 2.15. The van der Waals surface area contributed by atoms with Gasteiger partial charge in [0.1, 0.15) is 0 Å². The molecule has 3 heteroatoms. The van der Waals surface area contributed by atoms with Crippen molar-refractivity contribution >= 4 is 22.5 Å². The van der Waals surface area contributed by atoms with Crippen LogP contribution in [0.2, 0.25) is 0 Å². The molecule has 13 heavy (non-hydrogen) atoms. The number of rotatable bonds is 3. The molecule has 1 unspecified atom stereocenters. The Bertz CT molecular complexity index is 286. The molecule has 1 atom stereocenters. The molecule has 0 radical (unpaired) electrons. The van der Waals surface area contributed by atoms with Crippen LogP contribution in [0.1, 0.15) is 6.92 Å². The highest BCUT2D eigenvalue weighted by Crippen LogP contribution is 2.14. The molecule has 1 aromatic carbocycles. The lowest BCUT2D eigenvalue weighted by atomic mass is 10.2.